The Bertz CT molecular complexity index is 648. The van der Waals surface area contributed by atoms with Gasteiger partial charge in [0.1, 0.15) is 0 Å². The Morgan fingerprint density at radius 1 is 1.11 bits per heavy atom. The Labute approximate surface area is 110 Å². The van der Waals surface area contributed by atoms with E-state index in [1.54, 1.807) is 17.5 Å². The molecule has 3 aromatic rings. The van der Waals surface area contributed by atoms with Gasteiger partial charge in [-0.1, -0.05) is 24.3 Å². The summed E-state index contributed by atoms with van der Waals surface area (Å²) in [7, 11) is 0. The molecule has 1 atom stereocenters. The zero-order valence-corrected chi connectivity index (χ0v) is 10.6. The number of rotatable bonds is 3. The topological polar surface area (TPSA) is 33.1 Å². The van der Waals surface area contributed by atoms with Crippen molar-refractivity contribution in [2.75, 3.05) is 0 Å². The second kappa shape index (κ2) is 4.88. The van der Waals surface area contributed by atoms with Crippen LogP contribution in [0.2, 0.25) is 0 Å². The van der Waals surface area contributed by atoms with Gasteiger partial charge in [0.05, 0.1) is 11.8 Å². The molecule has 0 bridgehead atoms. The van der Waals surface area contributed by atoms with Crippen molar-refractivity contribution in [2.45, 2.75) is 12.5 Å². The summed E-state index contributed by atoms with van der Waals surface area (Å²) in [5, 5.41) is 13.5. The standard InChI is InChI=1S/C15H13NOS/c17-14(13-6-3-4-8-16-13)9-11-10-18-15-7-2-1-5-12(11)15/h1-8,10,14,17H,9H2. The van der Waals surface area contributed by atoms with Crippen LogP contribution in [0, 0.1) is 0 Å². The number of hydrogen-bond donors (Lipinski definition) is 1. The molecule has 0 radical (unpaired) electrons. The van der Waals surface area contributed by atoms with Crippen molar-refractivity contribution < 1.29 is 5.11 Å². The lowest BCUT2D eigenvalue weighted by Gasteiger charge is -2.09. The molecular formula is C15H13NOS. The molecule has 0 aliphatic carbocycles. The smallest absolute Gasteiger partial charge is 0.1000 e. The molecule has 1 aromatic carbocycles. The van der Waals surface area contributed by atoms with Crippen molar-refractivity contribution in [2.24, 2.45) is 0 Å². The van der Waals surface area contributed by atoms with E-state index < -0.39 is 6.10 Å². The Kier molecular flexibility index (Phi) is 3.09. The first-order chi connectivity index (χ1) is 8.84. The van der Waals surface area contributed by atoms with Gasteiger partial charge in [-0.15, -0.1) is 11.3 Å². The van der Waals surface area contributed by atoms with E-state index in [2.05, 4.69) is 22.5 Å². The van der Waals surface area contributed by atoms with E-state index in [0.29, 0.717) is 6.42 Å². The average molecular weight is 255 g/mol. The van der Waals surface area contributed by atoms with E-state index in [4.69, 9.17) is 0 Å². The maximum Gasteiger partial charge on any atom is 0.1000 e. The normalized spacial score (nSPS) is 12.7. The SMILES string of the molecule is OC(Cc1csc2ccccc12)c1ccccn1. The number of aliphatic hydroxyl groups is 1. The summed E-state index contributed by atoms with van der Waals surface area (Å²) < 4.78 is 1.26. The minimum Gasteiger partial charge on any atom is -0.386 e. The van der Waals surface area contributed by atoms with Crippen molar-refractivity contribution in [1.82, 2.24) is 4.98 Å². The van der Waals surface area contributed by atoms with Gasteiger partial charge in [0.2, 0.25) is 0 Å². The monoisotopic (exact) mass is 255 g/mol. The molecule has 2 aromatic heterocycles. The van der Waals surface area contributed by atoms with E-state index in [1.165, 1.54) is 15.6 Å². The molecule has 0 aliphatic rings. The van der Waals surface area contributed by atoms with Crippen molar-refractivity contribution in [3.63, 3.8) is 0 Å². The van der Waals surface area contributed by atoms with Crippen molar-refractivity contribution in [1.29, 1.82) is 0 Å². The number of aliphatic hydroxyl groups excluding tert-OH is 1. The minimum atomic E-state index is -0.538. The highest BCUT2D eigenvalue weighted by atomic mass is 32.1. The maximum atomic E-state index is 10.2. The second-order valence-corrected chi connectivity index (χ2v) is 5.14. The molecule has 0 saturated carbocycles. The molecule has 0 saturated heterocycles. The number of hydrogen-bond acceptors (Lipinski definition) is 3. The number of nitrogens with zero attached hydrogens (tertiary/aromatic N) is 1. The molecule has 1 unspecified atom stereocenters. The lowest BCUT2D eigenvalue weighted by atomic mass is 10.0. The second-order valence-electron chi connectivity index (χ2n) is 4.23. The maximum absolute atomic E-state index is 10.2. The lowest BCUT2D eigenvalue weighted by Crippen LogP contribution is -2.03. The summed E-state index contributed by atoms with van der Waals surface area (Å²) in [4.78, 5) is 4.19. The van der Waals surface area contributed by atoms with Gasteiger partial charge in [0.25, 0.3) is 0 Å². The molecule has 90 valence electrons. The summed E-state index contributed by atoms with van der Waals surface area (Å²) in [6.45, 7) is 0. The van der Waals surface area contributed by atoms with Crippen LogP contribution >= 0.6 is 11.3 Å². The molecule has 2 nitrogen and oxygen atoms in total. The zero-order chi connectivity index (χ0) is 12.4. The predicted molar refractivity (Wildman–Crippen MR) is 74.7 cm³/mol. The van der Waals surface area contributed by atoms with Gasteiger partial charge < -0.3 is 5.11 Å². The molecule has 0 fully saturated rings. The zero-order valence-electron chi connectivity index (χ0n) is 9.78. The van der Waals surface area contributed by atoms with Crippen LogP contribution in [0.1, 0.15) is 17.4 Å². The van der Waals surface area contributed by atoms with E-state index in [1.807, 2.05) is 30.3 Å². The van der Waals surface area contributed by atoms with Gasteiger partial charge in [0.15, 0.2) is 0 Å². The molecule has 3 heteroatoms. The van der Waals surface area contributed by atoms with Gasteiger partial charge in [-0.05, 0) is 34.5 Å². The number of aromatic nitrogens is 1. The van der Waals surface area contributed by atoms with Crippen LogP contribution in [0.15, 0.2) is 54.0 Å². The molecule has 18 heavy (non-hydrogen) atoms. The largest absolute Gasteiger partial charge is 0.386 e. The molecule has 1 N–H and O–H groups in total. The summed E-state index contributed by atoms with van der Waals surface area (Å²) >= 11 is 1.72. The van der Waals surface area contributed by atoms with Crippen LogP contribution in [0.25, 0.3) is 10.1 Å². The van der Waals surface area contributed by atoms with Crippen LogP contribution in [-0.4, -0.2) is 10.1 Å². The number of fused-ring (bicyclic) bond motifs is 1. The number of benzene rings is 1. The average Bonchev–Trinajstić information content (AvgIpc) is 2.83. The number of thiophene rings is 1. The summed E-state index contributed by atoms with van der Waals surface area (Å²) in [5.74, 6) is 0. The van der Waals surface area contributed by atoms with Crippen LogP contribution in [-0.2, 0) is 6.42 Å². The molecule has 3 rings (SSSR count). The fourth-order valence-corrected chi connectivity index (χ4v) is 3.05. The Morgan fingerprint density at radius 2 is 1.94 bits per heavy atom. The fourth-order valence-electron chi connectivity index (χ4n) is 2.08. The van der Waals surface area contributed by atoms with Crippen molar-refractivity contribution >= 4 is 21.4 Å². The van der Waals surface area contributed by atoms with Gasteiger partial charge >= 0.3 is 0 Å². The summed E-state index contributed by atoms with van der Waals surface area (Å²) in [5.41, 5.74) is 1.92. The van der Waals surface area contributed by atoms with Gasteiger partial charge in [-0.3, -0.25) is 4.98 Å². The van der Waals surface area contributed by atoms with Crippen LogP contribution in [0.5, 0.6) is 0 Å². The summed E-state index contributed by atoms with van der Waals surface area (Å²) in [6, 6.07) is 13.9. The van der Waals surface area contributed by atoms with E-state index in [9.17, 15) is 5.11 Å². The van der Waals surface area contributed by atoms with Crippen LogP contribution in [0.3, 0.4) is 0 Å². The molecule has 0 amide bonds. The molecule has 2 heterocycles. The summed E-state index contributed by atoms with van der Waals surface area (Å²) in [6.07, 6.45) is 1.79. The fraction of sp³-hybridized carbons (Fsp3) is 0.133. The van der Waals surface area contributed by atoms with Gasteiger partial charge in [-0.25, -0.2) is 0 Å². The van der Waals surface area contributed by atoms with Crippen molar-refractivity contribution in [3.8, 4) is 0 Å². The predicted octanol–water partition coefficient (Wildman–Crippen LogP) is 3.57. The first kappa shape index (κ1) is 11.4. The van der Waals surface area contributed by atoms with E-state index >= 15 is 0 Å². The third kappa shape index (κ3) is 2.15. The quantitative estimate of drug-likeness (QED) is 0.776. The van der Waals surface area contributed by atoms with E-state index in [-0.39, 0.29) is 0 Å². The first-order valence-electron chi connectivity index (χ1n) is 5.89. The first-order valence-corrected chi connectivity index (χ1v) is 6.76. The third-order valence-corrected chi connectivity index (χ3v) is 4.02. The molecule has 0 aliphatic heterocycles. The van der Waals surface area contributed by atoms with Gasteiger partial charge in [-0.2, -0.15) is 0 Å². The Balaban J connectivity index is 1.89. The molecule has 0 spiro atoms. The third-order valence-electron chi connectivity index (χ3n) is 3.00. The van der Waals surface area contributed by atoms with Crippen LogP contribution < -0.4 is 0 Å². The molecular weight excluding hydrogens is 242 g/mol. The Morgan fingerprint density at radius 3 is 2.78 bits per heavy atom. The highest BCUT2D eigenvalue weighted by Crippen LogP contribution is 2.28. The lowest BCUT2D eigenvalue weighted by molar-refractivity contribution is 0.174. The van der Waals surface area contributed by atoms with Crippen molar-refractivity contribution in [3.05, 3.63) is 65.3 Å². The van der Waals surface area contributed by atoms with Crippen LogP contribution in [0.4, 0.5) is 0 Å². The number of pyridine rings is 1. The minimum absolute atomic E-state index is 0.538. The van der Waals surface area contributed by atoms with Gasteiger partial charge in [0, 0.05) is 17.3 Å². The highest BCUT2D eigenvalue weighted by Gasteiger charge is 2.12. The van der Waals surface area contributed by atoms with E-state index in [0.717, 1.165) is 5.69 Å². The Hall–Kier alpha value is -1.71. The highest BCUT2D eigenvalue weighted by molar-refractivity contribution is 7.17.